The van der Waals surface area contributed by atoms with Gasteiger partial charge >= 0.3 is 0 Å². The van der Waals surface area contributed by atoms with Crippen LogP contribution in [0.2, 0.25) is 0 Å². The molecule has 2 aliphatic rings. The van der Waals surface area contributed by atoms with Gasteiger partial charge in [-0.05, 0) is 70.8 Å². The standard InChI is InChI=1S/C20H39NO2/c1-15(2)16(3)23-17(4)20-8-6-7-13-21(20)14-18-9-11-19(22-5)12-10-18/h15-20H,6-14H2,1-5H3/t16-,17?,18?,19?,20?/m0/s1. The van der Waals surface area contributed by atoms with Crippen LogP contribution in [0, 0.1) is 11.8 Å². The van der Waals surface area contributed by atoms with Gasteiger partial charge in [-0.25, -0.2) is 0 Å². The van der Waals surface area contributed by atoms with E-state index in [0.717, 1.165) is 5.92 Å². The van der Waals surface area contributed by atoms with Gasteiger partial charge in [0.2, 0.25) is 0 Å². The van der Waals surface area contributed by atoms with E-state index in [1.54, 1.807) is 0 Å². The fourth-order valence-electron chi connectivity index (χ4n) is 4.24. The molecule has 3 heteroatoms. The van der Waals surface area contributed by atoms with Gasteiger partial charge in [-0.15, -0.1) is 0 Å². The molecule has 2 unspecified atom stereocenters. The Hall–Kier alpha value is -0.120. The highest BCUT2D eigenvalue weighted by Gasteiger charge is 2.32. The number of nitrogens with zero attached hydrogens (tertiary/aromatic N) is 1. The first-order chi connectivity index (χ1) is 11.0. The molecule has 1 aliphatic carbocycles. The van der Waals surface area contributed by atoms with Crippen molar-refractivity contribution in [2.24, 2.45) is 11.8 Å². The van der Waals surface area contributed by atoms with Crippen LogP contribution in [0.3, 0.4) is 0 Å². The second-order valence-corrected chi connectivity index (χ2v) is 8.23. The summed E-state index contributed by atoms with van der Waals surface area (Å²) in [5.41, 5.74) is 0. The molecular formula is C20H39NO2. The van der Waals surface area contributed by atoms with Gasteiger partial charge in [0.1, 0.15) is 0 Å². The summed E-state index contributed by atoms with van der Waals surface area (Å²) in [4.78, 5) is 2.75. The van der Waals surface area contributed by atoms with E-state index in [0.29, 0.717) is 30.3 Å². The van der Waals surface area contributed by atoms with E-state index in [4.69, 9.17) is 9.47 Å². The lowest BCUT2D eigenvalue weighted by Crippen LogP contribution is -2.49. The van der Waals surface area contributed by atoms with Crippen molar-refractivity contribution in [3.8, 4) is 0 Å². The quantitative estimate of drug-likeness (QED) is 0.688. The molecule has 0 aromatic carbocycles. The third kappa shape index (κ3) is 5.72. The summed E-state index contributed by atoms with van der Waals surface area (Å²) in [6, 6.07) is 0.616. The minimum absolute atomic E-state index is 0.350. The lowest BCUT2D eigenvalue weighted by molar-refractivity contribution is -0.0719. The van der Waals surface area contributed by atoms with Crippen LogP contribution >= 0.6 is 0 Å². The second kappa shape index (κ2) is 9.39. The molecule has 2 fully saturated rings. The van der Waals surface area contributed by atoms with Crippen molar-refractivity contribution < 1.29 is 9.47 Å². The van der Waals surface area contributed by atoms with Crippen molar-refractivity contribution in [3.05, 3.63) is 0 Å². The van der Waals surface area contributed by atoms with Crippen LogP contribution in [-0.4, -0.2) is 49.5 Å². The molecule has 1 aliphatic heterocycles. The van der Waals surface area contributed by atoms with Crippen molar-refractivity contribution in [1.82, 2.24) is 4.90 Å². The molecule has 2 rings (SSSR count). The molecule has 0 spiro atoms. The van der Waals surface area contributed by atoms with E-state index < -0.39 is 0 Å². The number of rotatable bonds is 7. The highest BCUT2D eigenvalue weighted by molar-refractivity contribution is 4.85. The molecule has 0 N–H and O–H groups in total. The smallest absolute Gasteiger partial charge is 0.0705 e. The Morgan fingerprint density at radius 1 is 0.957 bits per heavy atom. The molecule has 0 aromatic heterocycles. The molecule has 1 heterocycles. The summed E-state index contributed by atoms with van der Waals surface area (Å²) in [6.07, 6.45) is 10.4. The maximum Gasteiger partial charge on any atom is 0.0705 e. The van der Waals surface area contributed by atoms with Crippen LogP contribution in [0.25, 0.3) is 0 Å². The van der Waals surface area contributed by atoms with Crippen molar-refractivity contribution in [3.63, 3.8) is 0 Å². The Morgan fingerprint density at radius 3 is 2.26 bits per heavy atom. The highest BCUT2D eigenvalue weighted by Crippen LogP contribution is 2.30. The molecule has 1 saturated heterocycles. The number of likely N-dealkylation sites (tertiary alicyclic amines) is 1. The molecule has 0 aromatic rings. The van der Waals surface area contributed by atoms with Gasteiger partial charge in [0.05, 0.1) is 18.3 Å². The Balaban J connectivity index is 1.85. The fraction of sp³-hybridized carbons (Fsp3) is 1.00. The number of ether oxygens (including phenoxy) is 2. The minimum Gasteiger partial charge on any atom is -0.381 e. The average molecular weight is 326 g/mol. The SMILES string of the molecule is COC1CCC(CN2CCCCC2C(C)O[C@@H](C)C(C)C)CC1. The molecule has 136 valence electrons. The molecule has 3 nitrogen and oxygen atoms in total. The topological polar surface area (TPSA) is 21.7 Å². The maximum absolute atomic E-state index is 6.34. The molecular weight excluding hydrogens is 286 g/mol. The Labute approximate surface area is 144 Å². The van der Waals surface area contributed by atoms with E-state index >= 15 is 0 Å². The number of hydrogen-bond donors (Lipinski definition) is 0. The average Bonchev–Trinajstić information content (AvgIpc) is 2.55. The minimum atomic E-state index is 0.350. The molecule has 3 atom stereocenters. The summed E-state index contributed by atoms with van der Waals surface area (Å²) in [7, 11) is 1.86. The van der Waals surface area contributed by atoms with Crippen LogP contribution in [0.5, 0.6) is 0 Å². The van der Waals surface area contributed by atoms with Gasteiger partial charge in [0.15, 0.2) is 0 Å². The first-order valence-corrected chi connectivity index (χ1v) is 9.93. The van der Waals surface area contributed by atoms with E-state index in [1.807, 2.05) is 7.11 Å². The van der Waals surface area contributed by atoms with E-state index in [2.05, 4.69) is 32.6 Å². The molecule has 0 radical (unpaired) electrons. The summed E-state index contributed by atoms with van der Waals surface area (Å²) in [5, 5.41) is 0. The number of methoxy groups -OCH3 is 1. The lowest BCUT2D eigenvalue weighted by Gasteiger charge is -2.42. The number of hydrogen-bond acceptors (Lipinski definition) is 3. The van der Waals surface area contributed by atoms with Crippen molar-refractivity contribution in [2.75, 3.05) is 20.2 Å². The fourth-order valence-corrected chi connectivity index (χ4v) is 4.24. The zero-order valence-electron chi connectivity index (χ0n) is 16.1. The summed E-state index contributed by atoms with van der Waals surface area (Å²) in [5.74, 6) is 1.45. The van der Waals surface area contributed by atoms with Crippen LogP contribution in [0.15, 0.2) is 0 Å². The molecule has 1 saturated carbocycles. The largest absolute Gasteiger partial charge is 0.381 e. The summed E-state index contributed by atoms with van der Waals surface area (Å²) >= 11 is 0. The van der Waals surface area contributed by atoms with Crippen LogP contribution < -0.4 is 0 Å². The molecule has 23 heavy (non-hydrogen) atoms. The lowest BCUT2D eigenvalue weighted by atomic mass is 9.85. The van der Waals surface area contributed by atoms with E-state index in [9.17, 15) is 0 Å². The zero-order valence-corrected chi connectivity index (χ0v) is 16.1. The second-order valence-electron chi connectivity index (χ2n) is 8.23. The van der Waals surface area contributed by atoms with Gasteiger partial charge < -0.3 is 9.47 Å². The van der Waals surface area contributed by atoms with Crippen molar-refractivity contribution in [1.29, 1.82) is 0 Å². The monoisotopic (exact) mass is 325 g/mol. The van der Waals surface area contributed by atoms with Crippen LogP contribution in [-0.2, 0) is 9.47 Å². The van der Waals surface area contributed by atoms with Gasteiger partial charge in [-0.2, -0.15) is 0 Å². The molecule has 0 bridgehead atoms. The summed E-state index contributed by atoms with van der Waals surface area (Å²) in [6.45, 7) is 11.6. The molecule has 0 amide bonds. The van der Waals surface area contributed by atoms with Gasteiger partial charge in [0, 0.05) is 19.7 Å². The predicted octanol–water partition coefficient (Wildman–Crippen LogP) is 4.50. The van der Waals surface area contributed by atoms with E-state index in [-0.39, 0.29) is 0 Å². The predicted molar refractivity (Wildman–Crippen MR) is 96.8 cm³/mol. The van der Waals surface area contributed by atoms with Crippen molar-refractivity contribution in [2.45, 2.75) is 97.0 Å². The van der Waals surface area contributed by atoms with E-state index in [1.165, 1.54) is 58.0 Å². The van der Waals surface area contributed by atoms with Crippen LogP contribution in [0.4, 0.5) is 0 Å². The first kappa shape index (κ1) is 19.2. The van der Waals surface area contributed by atoms with Gasteiger partial charge in [-0.1, -0.05) is 20.3 Å². The highest BCUT2D eigenvalue weighted by atomic mass is 16.5. The Morgan fingerprint density at radius 2 is 1.65 bits per heavy atom. The van der Waals surface area contributed by atoms with Gasteiger partial charge in [0.25, 0.3) is 0 Å². The first-order valence-electron chi connectivity index (χ1n) is 9.93. The third-order valence-electron chi connectivity index (χ3n) is 6.19. The maximum atomic E-state index is 6.34. The van der Waals surface area contributed by atoms with Crippen molar-refractivity contribution >= 4 is 0 Å². The number of piperidine rings is 1. The van der Waals surface area contributed by atoms with Gasteiger partial charge in [-0.3, -0.25) is 4.90 Å². The summed E-state index contributed by atoms with van der Waals surface area (Å²) < 4.78 is 11.9. The normalized spacial score (nSPS) is 32.9. The third-order valence-corrected chi connectivity index (χ3v) is 6.19. The zero-order chi connectivity index (χ0) is 16.8. The van der Waals surface area contributed by atoms with Crippen LogP contribution in [0.1, 0.15) is 72.6 Å². The Bertz CT molecular complexity index is 326. The Kier molecular flexibility index (Phi) is 7.84.